The molecule has 1 atom stereocenters. The fraction of sp³-hybridized carbons (Fsp3) is 0.286. The van der Waals surface area contributed by atoms with Crippen molar-refractivity contribution in [3.63, 3.8) is 0 Å². The molecule has 1 heterocycles. The maximum Gasteiger partial charge on any atom is 0.119 e. The van der Waals surface area contributed by atoms with Crippen LogP contribution in [0.1, 0.15) is 30.1 Å². The number of ether oxygens (including phenoxy) is 1. The van der Waals surface area contributed by atoms with E-state index < -0.39 is 6.10 Å². The number of thiophene rings is 1. The zero-order chi connectivity index (χ0) is 13.4. The van der Waals surface area contributed by atoms with Crippen molar-refractivity contribution in [3.8, 4) is 5.75 Å². The number of halogens is 2. The van der Waals surface area contributed by atoms with Gasteiger partial charge in [-0.15, -0.1) is 11.3 Å². The van der Waals surface area contributed by atoms with Gasteiger partial charge in [0.05, 0.1) is 10.4 Å². The Balaban J connectivity index is 1.78. The molecule has 0 bridgehead atoms. The molecule has 100 valence electrons. The van der Waals surface area contributed by atoms with Gasteiger partial charge in [-0.2, -0.15) is 0 Å². The summed E-state index contributed by atoms with van der Waals surface area (Å²) in [6.07, 6.45) is 1.88. The molecule has 2 nitrogen and oxygen atoms in total. The first kappa shape index (κ1) is 13.3. The molecule has 0 spiro atoms. The van der Waals surface area contributed by atoms with E-state index in [-0.39, 0.29) is 0 Å². The molecular formula is C14H12Cl2O2S. The van der Waals surface area contributed by atoms with Gasteiger partial charge in [0.15, 0.2) is 0 Å². The number of aliphatic hydroxyl groups excluding tert-OH is 1. The molecule has 2 aromatic rings. The van der Waals surface area contributed by atoms with Crippen LogP contribution in [0.5, 0.6) is 5.75 Å². The molecule has 19 heavy (non-hydrogen) atoms. The number of hydrogen-bond donors (Lipinski definition) is 1. The first-order valence-corrected chi connectivity index (χ1v) is 7.60. The van der Waals surface area contributed by atoms with E-state index in [1.807, 2.05) is 24.3 Å². The highest BCUT2D eigenvalue weighted by Gasteiger charge is 2.23. The smallest absolute Gasteiger partial charge is 0.119 e. The van der Waals surface area contributed by atoms with Crippen molar-refractivity contribution in [2.24, 2.45) is 0 Å². The summed E-state index contributed by atoms with van der Waals surface area (Å²) in [6, 6.07) is 9.15. The van der Waals surface area contributed by atoms with Gasteiger partial charge in [-0.25, -0.2) is 0 Å². The molecule has 3 rings (SSSR count). The van der Waals surface area contributed by atoms with E-state index >= 15 is 0 Å². The van der Waals surface area contributed by atoms with Gasteiger partial charge in [-0.05, 0) is 36.6 Å². The minimum Gasteiger partial charge on any atom is -0.490 e. The van der Waals surface area contributed by atoms with Crippen LogP contribution in [-0.2, 0) is 0 Å². The summed E-state index contributed by atoms with van der Waals surface area (Å²) >= 11 is 13.2. The normalized spacial score (nSPS) is 16.4. The summed E-state index contributed by atoms with van der Waals surface area (Å²) in [4.78, 5) is 0. The van der Waals surface area contributed by atoms with E-state index in [0.29, 0.717) is 20.3 Å². The Kier molecular flexibility index (Phi) is 3.72. The predicted molar refractivity (Wildman–Crippen MR) is 78.5 cm³/mol. The molecule has 0 aliphatic heterocycles. The van der Waals surface area contributed by atoms with Crippen LogP contribution in [0.4, 0.5) is 0 Å². The number of rotatable bonds is 4. The van der Waals surface area contributed by atoms with Crippen molar-refractivity contribution < 1.29 is 9.84 Å². The molecule has 1 saturated carbocycles. The minimum absolute atomic E-state index is 0.376. The fourth-order valence-electron chi connectivity index (χ4n) is 1.83. The van der Waals surface area contributed by atoms with Crippen molar-refractivity contribution in [1.82, 2.24) is 0 Å². The molecule has 1 fully saturated rings. The Morgan fingerprint density at radius 2 is 1.89 bits per heavy atom. The van der Waals surface area contributed by atoms with Crippen LogP contribution < -0.4 is 4.74 Å². The van der Waals surface area contributed by atoms with Crippen molar-refractivity contribution in [1.29, 1.82) is 0 Å². The quantitative estimate of drug-likeness (QED) is 0.888. The molecule has 5 heteroatoms. The van der Waals surface area contributed by atoms with Crippen LogP contribution in [0.2, 0.25) is 8.67 Å². The van der Waals surface area contributed by atoms with Crippen LogP contribution in [0.3, 0.4) is 0 Å². The molecule has 1 aromatic heterocycles. The molecule has 1 N–H and O–H groups in total. The first-order valence-electron chi connectivity index (χ1n) is 6.03. The lowest BCUT2D eigenvalue weighted by Crippen LogP contribution is -2.00. The third kappa shape index (κ3) is 3.06. The maximum atomic E-state index is 10.3. The molecule has 0 amide bonds. The molecular weight excluding hydrogens is 303 g/mol. The van der Waals surface area contributed by atoms with Crippen LogP contribution >= 0.6 is 34.5 Å². The Morgan fingerprint density at radius 1 is 1.21 bits per heavy atom. The highest BCUT2D eigenvalue weighted by molar-refractivity contribution is 7.20. The van der Waals surface area contributed by atoms with Crippen molar-refractivity contribution in [2.75, 3.05) is 0 Å². The van der Waals surface area contributed by atoms with E-state index in [1.165, 1.54) is 11.3 Å². The highest BCUT2D eigenvalue weighted by Crippen LogP contribution is 2.37. The van der Waals surface area contributed by atoms with E-state index in [0.717, 1.165) is 24.2 Å². The van der Waals surface area contributed by atoms with E-state index in [1.54, 1.807) is 6.07 Å². The lowest BCUT2D eigenvalue weighted by atomic mass is 10.0. The fourth-order valence-corrected chi connectivity index (χ4v) is 3.35. The van der Waals surface area contributed by atoms with Gasteiger partial charge in [0, 0.05) is 5.56 Å². The van der Waals surface area contributed by atoms with Gasteiger partial charge < -0.3 is 9.84 Å². The summed E-state index contributed by atoms with van der Waals surface area (Å²) < 4.78 is 6.77. The molecule has 1 aliphatic carbocycles. The average Bonchev–Trinajstić information content (AvgIpc) is 3.13. The van der Waals surface area contributed by atoms with Gasteiger partial charge in [-0.1, -0.05) is 35.3 Å². The first-order chi connectivity index (χ1) is 9.13. The summed E-state index contributed by atoms with van der Waals surface area (Å²) in [5.74, 6) is 0.841. The summed E-state index contributed by atoms with van der Waals surface area (Å²) in [7, 11) is 0. The van der Waals surface area contributed by atoms with E-state index in [2.05, 4.69) is 0 Å². The summed E-state index contributed by atoms with van der Waals surface area (Å²) in [5, 5.41) is 10.3. The topological polar surface area (TPSA) is 29.5 Å². The second-order valence-corrected chi connectivity index (χ2v) is 6.85. The highest BCUT2D eigenvalue weighted by atomic mass is 35.5. The van der Waals surface area contributed by atoms with E-state index in [9.17, 15) is 5.11 Å². The van der Waals surface area contributed by atoms with Crippen molar-refractivity contribution >= 4 is 34.5 Å². The average molecular weight is 315 g/mol. The summed E-state index contributed by atoms with van der Waals surface area (Å²) in [5.41, 5.74) is 1.42. The van der Waals surface area contributed by atoms with Gasteiger partial charge in [0.25, 0.3) is 0 Å². The van der Waals surface area contributed by atoms with Crippen LogP contribution in [0, 0.1) is 0 Å². The zero-order valence-electron chi connectivity index (χ0n) is 9.98. The second-order valence-electron chi connectivity index (χ2n) is 4.57. The lowest BCUT2D eigenvalue weighted by molar-refractivity contribution is 0.220. The number of aliphatic hydroxyl groups is 1. The second kappa shape index (κ2) is 5.33. The number of hydrogen-bond acceptors (Lipinski definition) is 3. The Labute approximate surface area is 125 Å². The Morgan fingerprint density at radius 3 is 2.42 bits per heavy atom. The van der Waals surface area contributed by atoms with Crippen LogP contribution in [0.15, 0.2) is 30.3 Å². The van der Waals surface area contributed by atoms with Gasteiger partial charge in [0.1, 0.15) is 16.2 Å². The van der Waals surface area contributed by atoms with Crippen LogP contribution in [-0.4, -0.2) is 11.2 Å². The molecule has 1 aromatic carbocycles. The van der Waals surface area contributed by atoms with Crippen molar-refractivity contribution in [2.45, 2.75) is 25.0 Å². The predicted octanol–water partition coefficient (Wildman–Crippen LogP) is 4.68. The minimum atomic E-state index is -0.758. The third-order valence-electron chi connectivity index (χ3n) is 3.00. The molecule has 0 saturated heterocycles. The van der Waals surface area contributed by atoms with Gasteiger partial charge in [0.2, 0.25) is 0 Å². The van der Waals surface area contributed by atoms with Crippen molar-refractivity contribution in [3.05, 3.63) is 50.1 Å². The maximum absolute atomic E-state index is 10.3. The standard InChI is InChI=1S/C14H12Cl2O2S/c15-12-7-11(14(16)19-12)13(17)8-1-3-9(4-2-8)18-10-5-6-10/h1-4,7,10,13,17H,5-6H2. The zero-order valence-corrected chi connectivity index (χ0v) is 12.3. The summed E-state index contributed by atoms with van der Waals surface area (Å²) in [6.45, 7) is 0. The third-order valence-corrected chi connectivity index (χ3v) is 4.52. The Hall–Kier alpha value is -0.740. The number of benzene rings is 1. The molecule has 1 aliphatic rings. The SMILES string of the molecule is OC(c1ccc(OC2CC2)cc1)c1cc(Cl)sc1Cl. The van der Waals surface area contributed by atoms with Crippen LogP contribution in [0.25, 0.3) is 0 Å². The lowest BCUT2D eigenvalue weighted by Gasteiger charge is -2.11. The van der Waals surface area contributed by atoms with E-state index in [4.69, 9.17) is 27.9 Å². The van der Waals surface area contributed by atoms with Gasteiger partial charge in [-0.3, -0.25) is 0 Å². The monoisotopic (exact) mass is 314 g/mol. The van der Waals surface area contributed by atoms with Gasteiger partial charge >= 0.3 is 0 Å². The largest absolute Gasteiger partial charge is 0.490 e. The molecule has 0 radical (unpaired) electrons. The molecule has 1 unspecified atom stereocenters. The Bertz CT molecular complexity index is 576.